The molecule has 0 spiro atoms. The molecule has 0 amide bonds. The van der Waals surface area contributed by atoms with Gasteiger partial charge in [0.05, 0.1) is 12.8 Å². The number of hydrogen-bond donors (Lipinski definition) is 1. The number of rotatable bonds is 3. The van der Waals surface area contributed by atoms with Crippen LogP contribution in [0.2, 0.25) is 0 Å². The first kappa shape index (κ1) is 11.0. The van der Waals surface area contributed by atoms with Crippen molar-refractivity contribution in [3.63, 3.8) is 0 Å². The summed E-state index contributed by atoms with van der Waals surface area (Å²) in [6.45, 7) is 0.877. The zero-order valence-corrected chi connectivity index (χ0v) is 9.61. The van der Waals surface area contributed by atoms with Crippen molar-refractivity contribution in [1.82, 2.24) is 4.57 Å². The molecule has 0 aromatic carbocycles. The van der Waals surface area contributed by atoms with Crippen LogP contribution in [0.3, 0.4) is 0 Å². The Kier molecular flexibility index (Phi) is 3.17. The molecule has 16 heavy (non-hydrogen) atoms. The van der Waals surface area contributed by atoms with E-state index in [0.717, 1.165) is 6.54 Å². The minimum atomic E-state index is -0.310. The van der Waals surface area contributed by atoms with E-state index in [1.54, 1.807) is 6.07 Å². The van der Waals surface area contributed by atoms with Gasteiger partial charge in [0.15, 0.2) is 0 Å². The fourth-order valence-electron chi connectivity index (χ4n) is 2.43. The van der Waals surface area contributed by atoms with Crippen molar-refractivity contribution in [3.8, 4) is 0 Å². The van der Waals surface area contributed by atoms with Gasteiger partial charge in [0.25, 0.3) is 0 Å². The van der Waals surface area contributed by atoms with Gasteiger partial charge in [-0.3, -0.25) is 0 Å². The predicted octanol–water partition coefficient (Wildman–Crippen LogP) is 2.05. The second-order valence-electron chi connectivity index (χ2n) is 4.45. The number of nitrogen functional groups attached to an aromatic ring is 1. The molecule has 0 atom stereocenters. The van der Waals surface area contributed by atoms with E-state index in [9.17, 15) is 4.79 Å². The Morgan fingerprint density at radius 2 is 2.25 bits per heavy atom. The van der Waals surface area contributed by atoms with Crippen molar-refractivity contribution < 1.29 is 9.53 Å². The first-order valence-electron chi connectivity index (χ1n) is 5.74. The number of hydrogen-bond acceptors (Lipinski definition) is 3. The van der Waals surface area contributed by atoms with E-state index < -0.39 is 0 Å². The molecule has 1 fully saturated rings. The minimum Gasteiger partial charge on any atom is -0.464 e. The Balaban J connectivity index is 2.15. The summed E-state index contributed by atoms with van der Waals surface area (Å²) in [6.07, 6.45) is 6.92. The summed E-state index contributed by atoms with van der Waals surface area (Å²) in [7, 11) is 1.39. The fraction of sp³-hybridized carbons (Fsp3) is 0.583. The topological polar surface area (TPSA) is 57.2 Å². The van der Waals surface area contributed by atoms with E-state index in [0.29, 0.717) is 17.3 Å². The highest BCUT2D eigenvalue weighted by atomic mass is 16.5. The van der Waals surface area contributed by atoms with Crippen LogP contribution in [0, 0.1) is 5.92 Å². The van der Waals surface area contributed by atoms with Gasteiger partial charge in [-0.2, -0.15) is 0 Å². The lowest BCUT2D eigenvalue weighted by Gasteiger charge is -2.12. The standard InChI is InChI=1S/C12H18N2O2/c1-16-12(15)11-6-10(13)8-14(11)7-9-4-2-3-5-9/h6,8-9H,2-5,7,13H2,1H3. The van der Waals surface area contributed by atoms with Gasteiger partial charge in [0.1, 0.15) is 5.69 Å². The summed E-state index contributed by atoms with van der Waals surface area (Å²) in [6, 6.07) is 1.68. The third-order valence-corrected chi connectivity index (χ3v) is 3.24. The zero-order chi connectivity index (χ0) is 11.5. The van der Waals surface area contributed by atoms with Crippen LogP contribution in [0.15, 0.2) is 12.3 Å². The first-order valence-corrected chi connectivity index (χ1v) is 5.74. The average Bonchev–Trinajstić information content (AvgIpc) is 2.88. The van der Waals surface area contributed by atoms with Crippen molar-refractivity contribution in [2.75, 3.05) is 12.8 Å². The van der Waals surface area contributed by atoms with Crippen molar-refractivity contribution in [2.45, 2.75) is 32.2 Å². The van der Waals surface area contributed by atoms with Gasteiger partial charge < -0.3 is 15.0 Å². The van der Waals surface area contributed by atoms with E-state index in [4.69, 9.17) is 10.5 Å². The second kappa shape index (κ2) is 4.60. The highest BCUT2D eigenvalue weighted by Crippen LogP contribution is 2.27. The molecular weight excluding hydrogens is 204 g/mol. The van der Waals surface area contributed by atoms with Gasteiger partial charge in [0, 0.05) is 12.7 Å². The highest BCUT2D eigenvalue weighted by molar-refractivity contribution is 5.88. The number of esters is 1. The van der Waals surface area contributed by atoms with Gasteiger partial charge in [0.2, 0.25) is 0 Å². The fourth-order valence-corrected chi connectivity index (χ4v) is 2.43. The SMILES string of the molecule is COC(=O)c1cc(N)cn1CC1CCCC1. The van der Waals surface area contributed by atoms with E-state index in [1.807, 2.05) is 10.8 Å². The third kappa shape index (κ3) is 2.21. The van der Waals surface area contributed by atoms with Gasteiger partial charge in [-0.05, 0) is 24.8 Å². The van der Waals surface area contributed by atoms with E-state index in [2.05, 4.69) is 0 Å². The summed E-state index contributed by atoms with van der Waals surface area (Å²) in [5.74, 6) is 0.366. The lowest BCUT2D eigenvalue weighted by molar-refractivity contribution is 0.0587. The number of methoxy groups -OCH3 is 1. The van der Waals surface area contributed by atoms with Crippen molar-refractivity contribution >= 4 is 11.7 Å². The molecule has 0 unspecified atom stereocenters. The monoisotopic (exact) mass is 222 g/mol. The Hall–Kier alpha value is -1.45. The molecule has 88 valence electrons. The number of carbonyl (C=O) groups excluding carboxylic acids is 1. The van der Waals surface area contributed by atoms with Crippen molar-refractivity contribution in [1.29, 1.82) is 0 Å². The Morgan fingerprint density at radius 3 is 2.88 bits per heavy atom. The molecular formula is C12H18N2O2. The molecule has 0 saturated heterocycles. The molecule has 4 nitrogen and oxygen atoms in total. The summed E-state index contributed by atoms with van der Waals surface area (Å²) in [5, 5.41) is 0. The second-order valence-corrected chi connectivity index (χ2v) is 4.45. The summed E-state index contributed by atoms with van der Waals surface area (Å²) in [4.78, 5) is 11.5. The van der Waals surface area contributed by atoms with Crippen molar-refractivity contribution in [2.24, 2.45) is 5.92 Å². The van der Waals surface area contributed by atoms with Crippen LogP contribution in [0.4, 0.5) is 5.69 Å². The molecule has 1 saturated carbocycles. The molecule has 0 aliphatic heterocycles. The van der Waals surface area contributed by atoms with Gasteiger partial charge in [-0.15, -0.1) is 0 Å². The normalized spacial score (nSPS) is 16.6. The number of nitrogens with zero attached hydrogens (tertiary/aromatic N) is 1. The molecule has 2 N–H and O–H groups in total. The molecule has 1 aromatic rings. The van der Waals surface area contributed by atoms with Crippen LogP contribution in [-0.4, -0.2) is 17.6 Å². The van der Waals surface area contributed by atoms with E-state index in [1.165, 1.54) is 32.8 Å². The minimum absolute atomic E-state index is 0.310. The average molecular weight is 222 g/mol. The highest BCUT2D eigenvalue weighted by Gasteiger charge is 2.19. The van der Waals surface area contributed by atoms with Gasteiger partial charge >= 0.3 is 5.97 Å². The number of carbonyl (C=O) groups is 1. The number of ether oxygens (including phenoxy) is 1. The zero-order valence-electron chi connectivity index (χ0n) is 9.61. The van der Waals surface area contributed by atoms with Crippen molar-refractivity contribution in [3.05, 3.63) is 18.0 Å². The molecule has 1 heterocycles. The Labute approximate surface area is 95.4 Å². The third-order valence-electron chi connectivity index (χ3n) is 3.24. The van der Waals surface area contributed by atoms with Crippen LogP contribution < -0.4 is 5.73 Å². The van der Waals surface area contributed by atoms with Crippen LogP contribution in [0.25, 0.3) is 0 Å². The maximum absolute atomic E-state index is 11.5. The number of nitrogens with two attached hydrogens (primary N) is 1. The Bertz CT molecular complexity index is 378. The maximum Gasteiger partial charge on any atom is 0.354 e. The summed E-state index contributed by atoms with van der Waals surface area (Å²) >= 11 is 0. The Morgan fingerprint density at radius 1 is 1.56 bits per heavy atom. The van der Waals surface area contributed by atoms with Crippen LogP contribution >= 0.6 is 0 Å². The molecule has 4 heteroatoms. The molecule has 0 radical (unpaired) electrons. The maximum atomic E-state index is 11.5. The van der Waals surface area contributed by atoms with Gasteiger partial charge in [-0.1, -0.05) is 12.8 Å². The number of aromatic nitrogens is 1. The van der Waals surface area contributed by atoms with Crippen LogP contribution in [-0.2, 0) is 11.3 Å². The molecule has 0 bridgehead atoms. The first-order chi connectivity index (χ1) is 7.70. The van der Waals surface area contributed by atoms with Crippen LogP contribution in [0.1, 0.15) is 36.2 Å². The predicted molar refractivity (Wildman–Crippen MR) is 62.1 cm³/mol. The summed E-state index contributed by atoms with van der Waals surface area (Å²) < 4.78 is 6.67. The lowest BCUT2D eigenvalue weighted by Crippen LogP contribution is -2.14. The molecule has 2 rings (SSSR count). The smallest absolute Gasteiger partial charge is 0.354 e. The van der Waals surface area contributed by atoms with Gasteiger partial charge in [-0.25, -0.2) is 4.79 Å². The quantitative estimate of drug-likeness (QED) is 0.796. The summed E-state index contributed by atoms with van der Waals surface area (Å²) in [5.41, 5.74) is 6.90. The van der Waals surface area contributed by atoms with E-state index >= 15 is 0 Å². The van der Waals surface area contributed by atoms with E-state index in [-0.39, 0.29) is 5.97 Å². The molecule has 1 aliphatic carbocycles. The van der Waals surface area contributed by atoms with Crippen LogP contribution in [0.5, 0.6) is 0 Å². The molecule has 1 aromatic heterocycles. The molecule has 1 aliphatic rings. The lowest BCUT2D eigenvalue weighted by atomic mass is 10.1. The largest absolute Gasteiger partial charge is 0.464 e. The number of anilines is 1.